The van der Waals surface area contributed by atoms with Gasteiger partial charge in [-0.3, -0.25) is 0 Å². The second-order valence-electron chi connectivity index (χ2n) is 2.22. The fourth-order valence-electron chi connectivity index (χ4n) is 0.975. The van der Waals surface area contributed by atoms with Gasteiger partial charge in [0.05, 0.1) is 0 Å². The van der Waals surface area contributed by atoms with Crippen molar-refractivity contribution in [2.45, 2.75) is 13.3 Å². The highest BCUT2D eigenvalue weighted by Gasteiger charge is 2.06. The minimum absolute atomic E-state index is 0.978. The van der Waals surface area contributed by atoms with Crippen LogP contribution in [0.2, 0.25) is 0 Å². The van der Waals surface area contributed by atoms with Crippen molar-refractivity contribution >= 4 is 34.4 Å². The minimum atomic E-state index is -0.978. The molecule has 0 bridgehead atoms. The minimum Gasteiger partial charge on any atom is -0.0727 e. The summed E-state index contributed by atoms with van der Waals surface area (Å²) in [6, 6.07) is 8.03. The molecule has 0 atom stereocenters. The maximum absolute atomic E-state index is 5.82. The molecule has 1 aromatic carbocycles. The van der Waals surface area contributed by atoms with Gasteiger partial charge in [0.1, 0.15) is 6.63 Å². The lowest BCUT2D eigenvalue weighted by molar-refractivity contribution is 1.15. The topological polar surface area (TPSA) is 0 Å². The van der Waals surface area contributed by atoms with Crippen LogP contribution < -0.4 is 5.30 Å². The molecule has 11 heavy (non-hydrogen) atoms. The molecule has 60 valence electrons. The normalized spacial score (nSPS) is 10.5. The summed E-state index contributed by atoms with van der Waals surface area (Å²) < 4.78 is 0. The van der Waals surface area contributed by atoms with Gasteiger partial charge in [-0.2, -0.15) is 0 Å². The second-order valence-corrected chi connectivity index (χ2v) is 5.71. The molecule has 0 amide bonds. The number of benzene rings is 1. The summed E-state index contributed by atoms with van der Waals surface area (Å²) in [6.07, 6.45) is 0.994. The number of hydrogen-bond donors (Lipinski definition) is 0. The van der Waals surface area contributed by atoms with Gasteiger partial charge in [0.2, 0.25) is 0 Å². The molecule has 0 aliphatic carbocycles. The van der Waals surface area contributed by atoms with E-state index in [2.05, 4.69) is 13.0 Å². The van der Waals surface area contributed by atoms with Crippen LogP contribution in [0.15, 0.2) is 24.3 Å². The predicted molar refractivity (Wildman–Crippen MR) is 54.1 cm³/mol. The van der Waals surface area contributed by atoms with E-state index >= 15 is 0 Å². The molecule has 0 nitrogen and oxygen atoms in total. The van der Waals surface area contributed by atoms with Crippen LogP contribution in [0.5, 0.6) is 0 Å². The first-order chi connectivity index (χ1) is 5.25. The van der Waals surface area contributed by atoms with E-state index in [1.54, 1.807) is 0 Å². The van der Waals surface area contributed by atoms with Crippen LogP contribution in [-0.2, 0) is 6.42 Å². The first kappa shape index (κ1) is 9.32. The van der Waals surface area contributed by atoms with E-state index in [0.29, 0.717) is 0 Å². The molecule has 0 N–H and O–H groups in total. The van der Waals surface area contributed by atoms with Crippen LogP contribution in [0.4, 0.5) is 0 Å². The van der Waals surface area contributed by atoms with Gasteiger partial charge >= 0.3 is 0 Å². The molecule has 0 aromatic heterocycles. The van der Waals surface area contributed by atoms with Crippen molar-refractivity contribution in [2.24, 2.45) is 0 Å². The van der Waals surface area contributed by atoms with Crippen molar-refractivity contribution in [1.82, 2.24) is 0 Å². The van der Waals surface area contributed by atoms with Crippen LogP contribution in [0.25, 0.3) is 0 Å². The Hall–Kier alpha value is 0.230. The van der Waals surface area contributed by atoms with Crippen molar-refractivity contribution in [3.8, 4) is 0 Å². The van der Waals surface area contributed by atoms with E-state index < -0.39 is 6.63 Å². The van der Waals surface area contributed by atoms with Crippen molar-refractivity contribution < 1.29 is 0 Å². The summed E-state index contributed by atoms with van der Waals surface area (Å²) in [6.45, 7) is 1.12. The summed E-state index contributed by atoms with van der Waals surface area (Å²) in [5.41, 5.74) is 1.25. The standard InChI is InChI=1S/C8H9Cl2P/c1-2-7-5-3-4-6-8(7)11(9)10/h3-6H,2H2,1H3. The Morgan fingerprint density at radius 3 is 2.36 bits per heavy atom. The van der Waals surface area contributed by atoms with E-state index in [-0.39, 0.29) is 0 Å². The van der Waals surface area contributed by atoms with Gasteiger partial charge in [0.25, 0.3) is 0 Å². The van der Waals surface area contributed by atoms with Gasteiger partial charge in [-0.05, 0) is 12.0 Å². The Kier molecular flexibility index (Phi) is 3.65. The Bertz CT molecular complexity index is 235. The Morgan fingerprint density at radius 2 is 1.91 bits per heavy atom. The Morgan fingerprint density at radius 1 is 1.27 bits per heavy atom. The number of aryl methyl sites for hydroxylation is 1. The van der Waals surface area contributed by atoms with Crippen molar-refractivity contribution in [1.29, 1.82) is 0 Å². The van der Waals surface area contributed by atoms with Gasteiger partial charge in [-0.1, -0.05) is 53.7 Å². The number of hydrogen-bond acceptors (Lipinski definition) is 0. The van der Waals surface area contributed by atoms with Crippen LogP contribution in [0.3, 0.4) is 0 Å². The summed E-state index contributed by atoms with van der Waals surface area (Å²) in [7, 11) is 0. The summed E-state index contributed by atoms with van der Waals surface area (Å²) in [4.78, 5) is 0. The zero-order valence-corrected chi connectivity index (χ0v) is 8.63. The quantitative estimate of drug-likeness (QED) is 0.649. The van der Waals surface area contributed by atoms with Gasteiger partial charge in [0, 0.05) is 5.30 Å². The molecule has 0 aliphatic rings. The first-order valence-corrected chi connectivity index (χ1v) is 6.60. The van der Waals surface area contributed by atoms with E-state index in [4.69, 9.17) is 22.5 Å². The predicted octanol–water partition coefficient (Wildman–Crippen LogP) is 3.66. The maximum atomic E-state index is 5.82. The third-order valence-corrected chi connectivity index (χ3v) is 3.45. The lowest BCUT2D eigenvalue weighted by Gasteiger charge is -2.05. The lowest BCUT2D eigenvalue weighted by atomic mass is 10.2. The van der Waals surface area contributed by atoms with Crippen LogP contribution in [0.1, 0.15) is 12.5 Å². The van der Waals surface area contributed by atoms with Gasteiger partial charge in [0.15, 0.2) is 0 Å². The molecule has 3 heteroatoms. The first-order valence-electron chi connectivity index (χ1n) is 3.45. The summed E-state index contributed by atoms with van der Waals surface area (Å²) in [5, 5.41) is 1.09. The molecule has 0 unspecified atom stereocenters. The summed E-state index contributed by atoms with van der Waals surface area (Å²) >= 11 is 11.6. The van der Waals surface area contributed by atoms with Crippen molar-refractivity contribution in [2.75, 3.05) is 0 Å². The zero-order chi connectivity index (χ0) is 8.27. The molecule has 0 saturated carbocycles. The van der Waals surface area contributed by atoms with Crippen molar-refractivity contribution in [3.05, 3.63) is 29.8 Å². The highest BCUT2D eigenvalue weighted by molar-refractivity contribution is 8.08. The molecule has 0 fully saturated rings. The monoisotopic (exact) mass is 206 g/mol. The summed E-state index contributed by atoms with van der Waals surface area (Å²) in [5.74, 6) is 0. The average molecular weight is 207 g/mol. The number of halogens is 2. The SMILES string of the molecule is CCc1ccccc1P(Cl)Cl. The fourth-order valence-corrected chi connectivity index (χ4v) is 2.61. The molecule has 1 aromatic rings. The highest BCUT2D eigenvalue weighted by atomic mass is 35.9. The highest BCUT2D eigenvalue weighted by Crippen LogP contribution is 2.46. The second kappa shape index (κ2) is 4.30. The van der Waals surface area contributed by atoms with E-state index in [1.165, 1.54) is 5.56 Å². The Balaban J connectivity index is 3.02. The molecular formula is C8H9Cl2P. The van der Waals surface area contributed by atoms with Gasteiger partial charge < -0.3 is 0 Å². The molecule has 0 spiro atoms. The van der Waals surface area contributed by atoms with E-state index in [0.717, 1.165) is 11.7 Å². The molecule has 0 radical (unpaired) electrons. The third kappa shape index (κ3) is 2.33. The van der Waals surface area contributed by atoms with Gasteiger partial charge in [-0.25, -0.2) is 0 Å². The lowest BCUT2D eigenvalue weighted by Crippen LogP contribution is -2.02. The van der Waals surface area contributed by atoms with Crippen LogP contribution in [0, 0.1) is 0 Å². The number of rotatable bonds is 2. The third-order valence-electron chi connectivity index (χ3n) is 1.55. The molecule has 0 aliphatic heterocycles. The molecule has 0 heterocycles. The van der Waals surface area contributed by atoms with Crippen molar-refractivity contribution in [3.63, 3.8) is 0 Å². The van der Waals surface area contributed by atoms with E-state index in [9.17, 15) is 0 Å². The molecule has 1 rings (SSSR count). The van der Waals surface area contributed by atoms with Crippen LogP contribution in [-0.4, -0.2) is 0 Å². The van der Waals surface area contributed by atoms with Crippen LogP contribution >= 0.6 is 29.1 Å². The fraction of sp³-hybridized carbons (Fsp3) is 0.250. The molecule has 0 saturated heterocycles. The average Bonchev–Trinajstić information content (AvgIpc) is 2.04. The largest absolute Gasteiger partial charge is 0.117 e. The smallest absolute Gasteiger partial charge is 0.0727 e. The molecular weight excluding hydrogens is 198 g/mol. The maximum Gasteiger partial charge on any atom is 0.117 e. The van der Waals surface area contributed by atoms with E-state index in [1.807, 2.05) is 18.2 Å². The Labute approximate surface area is 77.9 Å². The van der Waals surface area contributed by atoms with Gasteiger partial charge in [-0.15, -0.1) is 0 Å². The zero-order valence-electron chi connectivity index (χ0n) is 6.22.